The summed E-state index contributed by atoms with van der Waals surface area (Å²) < 4.78 is 0. The van der Waals surface area contributed by atoms with Gasteiger partial charge < -0.3 is 21.3 Å². The van der Waals surface area contributed by atoms with Crippen molar-refractivity contribution in [3.63, 3.8) is 0 Å². The van der Waals surface area contributed by atoms with Crippen LogP contribution in [-0.2, 0) is 4.79 Å². The number of amides is 1. The summed E-state index contributed by atoms with van der Waals surface area (Å²) in [4.78, 5) is 87.9. The fraction of sp³-hybridized carbons (Fsp3) is 0.182. The Morgan fingerprint density at radius 2 is 0.874 bits per heavy atom. The number of ketones is 6. The van der Waals surface area contributed by atoms with Crippen molar-refractivity contribution in [2.24, 2.45) is 0 Å². The van der Waals surface area contributed by atoms with E-state index >= 15 is 0 Å². The number of allylic oxidation sites excluding steroid dienone is 6. The van der Waals surface area contributed by atoms with Crippen LogP contribution in [0.15, 0.2) is 339 Å². The maximum absolute atomic E-state index is 12.9. The van der Waals surface area contributed by atoms with Gasteiger partial charge in [-0.05, 0) is 167 Å². The van der Waals surface area contributed by atoms with Crippen molar-refractivity contribution in [1.82, 2.24) is 0 Å². The lowest BCUT2D eigenvalue weighted by molar-refractivity contribution is -0.116. The standard InChI is InChI=1S/C23H19NO2.C21H25NO.C19H21NO.C18H17NO2.C18H19NO/c1-17-9-8-14-20(15-17)24-21(23(26)19-12-6-3-7-13-19)16-22(25)18-10-4-2-5-11-18;1-3-4-6-13-20(22-19-14-9-10-17(2)15-19)16-21(23)18-11-7-5-8-12-18;21-19(15-9-3-1-4-10-15)17-13-7-8-14-18(17)20-16-11-5-2-6-12-16;1-14-7-6-10-17(13-14)19(15(2)20)12-11-18(21)16-8-4-3-5-9-16;1-13-5-4-6-17(11-13)19-10-9-18(20)16-8-7-14(2)15(3)12-16/h2-16,24H,1H3;5,7-12,14-16,22H,3-4,6,13H2,1-2H3;1,3-4,7-10,13-14,16,20H,2,5-6,11-12H2;3-13H,1-2H3;4-12,19H,1-3H3/b21-16-;20-16-;;12-11+;10-9-. The van der Waals surface area contributed by atoms with Gasteiger partial charge >= 0.3 is 0 Å². The van der Waals surface area contributed by atoms with Gasteiger partial charge in [0.2, 0.25) is 11.7 Å². The molecule has 0 atom stereocenters. The van der Waals surface area contributed by atoms with Gasteiger partial charge in [-0.1, -0.05) is 263 Å². The average molecular weight is 1470 g/mol. The lowest BCUT2D eigenvalue weighted by Gasteiger charge is -2.25. The predicted molar refractivity (Wildman–Crippen MR) is 457 cm³/mol. The van der Waals surface area contributed by atoms with E-state index in [2.05, 4.69) is 47.2 Å². The molecule has 0 saturated heterocycles. The highest BCUT2D eigenvalue weighted by Gasteiger charge is 2.20. The second-order valence-electron chi connectivity index (χ2n) is 27.3. The monoisotopic (exact) mass is 1470 g/mol. The van der Waals surface area contributed by atoms with Crippen LogP contribution in [0, 0.1) is 41.5 Å². The van der Waals surface area contributed by atoms with Crippen molar-refractivity contribution < 1.29 is 33.6 Å². The highest BCUT2D eigenvalue weighted by molar-refractivity contribution is 6.16. The highest BCUT2D eigenvalue weighted by atomic mass is 16.2. The number of benzene rings is 11. The summed E-state index contributed by atoms with van der Waals surface area (Å²) in [5, 5.41) is 13.2. The SMILES string of the molecule is CC(=O)N(/C=C/C(=O)c1ccccc1)c1cccc(C)c1.CCCCC/C(=C/C(=O)c1ccccc1)Nc1cccc(C)c1.Cc1cccc(N/C(=C\C(=O)c2ccccc2)C(=O)c2ccccc2)c1.Cc1cccc(N/C=C\C(=O)c2ccc(C)c(C)c2)c1.O=C(c1ccccc1)c1ccccc1NC1CCCCC1. The number of Topliss-reactive ketones (excluding diaryl/α,β-unsaturated/α-hetero) is 1. The molecule has 0 radical (unpaired) electrons. The van der Waals surface area contributed by atoms with E-state index in [9.17, 15) is 33.6 Å². The van der Waals surface area contributed by atoms with Crippen molar-refractivity contribution in [1.29, 1.82) is 0 Å². The second-order valence-corrected chi connectivity index (χ2v) is 27.3. The number of para-hydroxylation sites is 1. The van der Waals surface area contributed by atoms with Crippen LogP contribution in [-0.4, -0.2) is 46.6 Å². The molecular weight excluding hydrogens is 1370 g/mol. The number of aryl methyl sites for hydroxylation is 6. The third-order valence-corrected chi connectivity index (χ3v) is 18.2. The first-order valence-electron chi connectivity index (χ1n) is 37.9. The molecule has 4 N–H and O–H groups in total. The molecule has 0 aliphatic heterocycles. The molecule has 12 rings (SSSR count). The van der Waals surface area contributed by atoms with Crippen LogP contribution in [0.4, 0.5) is 28.4 Å². The van der Waals surface area contributed by atoms with E-state index in [0.29, 0.717) is 22.7 Å². The van der Waals surface area contributed by atoms with Crippen LogP contribution < -0.4 is 26.2 Å². The first-order chi connectivity index (χ1) is 53.8. The number of hydrogen-bond donors (Lipinski definition) is 4. The molecule has 12 nitrogen and oxygen atoms in total. The molecule has 1 fully saturated rings. The Morgan fingerprint density at radius 3 is 1.41 bits per heavy atom. The maximum Gasteiger partial charge on any atom is 0.227 e. The number of unbranched alkanes of at least 4 members (excludes halogenated alkanes) is 2. The van der Waals surface area contributed by atoms with Gasteiger partial charge in [0, 0.05) is 123 Å². The summed E-state index contributed by atoms with van der Waals surface area (Å²) in [6, 6.07) is 91.4. The molecule has 111 heavy (non-hydrogen) atoms. The first-order valence-corrected chi connectivity index (χ1v) is 37.9. The van der Waals surface area contributed by atoms with Crippen LogP contribution in [0.1, 0.15) is 173 Å². The number of nitrogens with one attached hydrogen (secondary N) is 4. The third kappa shape index (κ3) is 28.6. The van der Waals surface area contributed by atoms with E-state index in [-0.39, 0.29) is 46.3 Å². The lowest BCUT2D eigenvalue weighted by Crippen LogP contribution is -2.23. The van der Waals surface area contributed by atoms with E-state index in [0.717, 1.165) is 85.9 Å². The average Bonchev–Trinajstić information content (AvgIpc) is 0.840. The van der Waals surface area contributed by atoms with E-state index in [1.54, 1.807) is 79.0 Å². The number of anilines is 5. The number of hydrogen-bond acceptors (Lipinski definition) is 11. The van der Waals surface area contributed by atoms with Gasteiger partial charge in [0.15, 0.2) is 28.9 Å². The van der Waals surface area contributed by atoms with Gasteiger partial charge in [0.1, 0.15) is 0 Å². The molecule has 1 aliphatic carbocycles. The summed E-state index contributed by atoms with van der Waals surface area (Å²) in [6.07, 6.45) is 19.9. The summed E-state index contributed by atoms with van der Waals surface area (Å²) in [5.41, 5.74) is 17.2. The minimum atomic E-state index is -0.226. The highest BCUT2D eigenvalue weighted by Crippen LogP contribution is 2.27. The maximum atomic E-state index is 12.9. The summed E-state index contributed by atoms with van der Waals surface area (Å²) in [7, 11) is 0. The summed E-state index contributed by atoms with van der Waals surface area (Å²) >= 11 is 0. The Kier molecular flexibility index (Phi) is 33.9. The molecule has 0 heterocycles. The largest absolute Gasteiger partial charge is 0.382 e. The van der Waals surface area contributed by atoms with Gasteiger partial charge in [-0.15, -0.1) is 0 Å². The van der Waals surface area contributed by atoms with Crippen LogP contribution in [0.2, 0.25) is 0 Å². The summed E-state index contributed by atoms with van der Waals surface area (Å²) in [6.45, 7) is 15.8. The van der Waals surface area contributed by atoms with Crippen LogP contribution in [0.5, 0.6) is 0 Å². The lowest BCUT2D eigenvalue weighted by atomic mass is 9.94. The van der Waals surface area contributed by atoms with E-state index in [1.165, 1.54) is 91.8 Å². The smallest absolute Gasteiger partial charge is 0.227 e. The fourth-order valence-electron chi connectivity index (χ4n) is 12.0. The van der Waals surface area contributed by atoms with Crippen LogP contribution >= 0.6 is 0 Å². The molecule has 0 bridgehead atoms. The number of nitrogens with zero attached hydrogens (tertiary/aromatic N) is 1. The summed E-state index contributed by atoms with van der Waals surface area (Å²) in [5.74, 6) is -0.561. The van der Waals surface area contributed by atoms with Crippen molar-refractivity contribution in [3.8, 4) is 0 Å². The van der Waals surface area contributed by atoms with Crippen molar-refractivity contribution >= 4 is 69.0 Å². The molecule has 0 aromatic heterocycles. The minimum absolute atomic E-state index is 0.00764. The Labute approximate surface area is 655 Å². The molecule has 11 aromatic carbocycles. The number of rotatable bonds is 26. The Balaban J connectivity index is 0.000000175. The molecule has 12 heteroatoms. The van der Waals surface area contributed by atoms with Crippen LogP contribution in [0.25, 0.3) is 0 Å². The minimum Gasteiger partial charge on any atom is -0.382 e. The van der Waals surface area contributed by atoms with Gasteiger partial charge in [-0.3, -0.25) is 38.5 Å². The quantitative estimate of drug-likeness (QED) is 0.0231. The van der Waals surface area contributed by atoms with Crippen molar-refractivity contribution in [2.45, 2.75) is 119 Å². The van der Waals surface area contributed by atoms with Gasteiger partial charge in [-0.2, -0.15) is 0 Å². The van der Waals surface area contributed by atoms with E-state index in [4.69, 9.17) is 0 Å². The Bertz CT molecular complexity index is 4980. The van der Waals surface area contributed by atoms with E-state index < -0.39 is 0 Å². The second kappa shape index (κ2) is 45.0. The first kappa shape index (κ1) is 83.7. The number of carbonyl (C=O) groups is 7. The topological polar surface area (TPSA) is 171 Å². The van der Waals surface area contributed by atoms with Crippen LogP contribution in [0.3, 0.4) is 0 Å². The molecule has 0 spiro atoms. The molecule has 11 aromatic rings. The Hall–Kier alpha value is -12.9. The van der Waals surface area contributed by atoms with Gasteiger partial charge in [-0.25, -0.2) is 0 Å². The van der Waals surface area contributed by atoms with Crippen molar-refractivity contribution in [3.05, 3.63) is 412 Å². The van der Waals surface area contributed by atoms with Gasteiger partial charge in [0.05, 0.1) is 5.70 Å². The Morgan fingerprint density at radius 1 is 0.405 bits per heavy atom. The normalized spacial score (nSPS) is 11.8. The van der Waals surface area contributed by atoms with Crippen molar-refractivity contribution in [2.75, 3.05) is 26.2 Å². The third-order valence-electron chi connectivity index (χ3n) is 18.2. The molecule has 0 unspecified atom stereocenters. The molecule has 1 amide bonds. The zero-order chi connectivity index (χ0) is 79.1. The molecular formula is C99H101N5O7. The van der Waals surface area contributed by atoms with E-state index in [1.807, 2.05) is 253 Å². The van der Waals surface area contributed by atoms with Gasteiger partial charge in [0.25, 0.3) is 0 Å². The molecule has 564 valence electrons. The number of carbonyl (C=O) groups excluding carboxylic acids is 7. The molecule has 1 aliphatic rings. The zero-order valence-electron chi connectivity index (χ0n) is 64.9. The zero-order valence-corrected chi connectivity index (χ0v) is 64.9. The fourth-order valence-corrected chi connectivity index (χ4v) is 12.0. The predicted octanol–water partition coefficient (Wildman–Crippen LogP) is 23.6. The molecule has 1 saturated carbocycles.